The van der Waals surface area contributed by atoms with Crippen molar-refractivity contribution < 1.29 is 24.0 Å². The van der Waals surface area contributed by atoms with Gasteiger partial charge >= 0.3 is 0 Å². The molecular formula is C29H36N2O5S. The molecule has 0 aliphatic carbocycles. The molecule has 3 rings (SSSR count). The second-order valence-electron chi connectivity index (χ2n) is 9.45. The van der Waals surface area contributed by atoms with Crippen LogP contribution in [-0.4, -0.2) is 57.0 Å². The zero-order valence-electron chi connectivity index (χ0n) is 21.8. The van der Waals surface area contributed by atoms with E-state index < -0.39 is 23.1 Å². The highest BCUT2D eigenvalue weighted by atomic mass is 32.2. The average molecular weight is 525 g/mol. The van der Waals surface area contributed by atoms with Crippen LogP contribution in [0.5, 0.6) is 11.5 Å². The summed E-state index contributed by atoms with van der Waals surface area (Å²) in [6, 6.07) is 20.7. The first kappa shape index (κ1) is 28.4. The number of benzene rings is 3. The number of phenols is 1. The molecule has 0 spiro atoms. The number of amides is 1. The number of aliphatic hydroxyl groups excluding tert-OH is 1. The summed E-state index contributed by atoms with van der Waals surface area (Å²) in [6.45, 7) is 6.31. The van der Waals surface area contributed by atoms with Crippen molar-refractivity contribution in [1.29, 1.82) is 0 Å². The van der Waals surface area contributed by atoms with Crippen LogP contribution in [0.3, 0.4) is 0 Å². The van der Waals surface area contributed by atoms with Gasteiger partial charge in [0, 0.05) is 24.2 Å². The summed E-state index contributed by atoms with van der Waals surface area (Å²) in [4.78, 5) is 13.8. The van der Waals surface area contributed by atoms with Gasteiger partial charge in [-0.3, -0.25) is 4.79 Å². The van der Waals surface area contributed by atoms with Crippen LogP contribution in [0.2, 0.25) is 0 Å². The smallest absolute Gasteiger partial charge is 0.252 e. The molecule has 0 bridgehead atoms. The summed E-state index contributed by atoms with van der Waals surface area (Å²) in [5.41, 5.74) is 1.76. The maximum absolute atomic E-state index is 13.5. The Labute approximate surface area is 221 Å². The van der Waals surface area contributed by atoms with Crippen molar-refractivity contribution in [2.45, 2.75) is 44.2 Å². The second kappa shape index (κ2) is 13.4. The first-order chi connectivity index (χ1) is 17.7. The van der Waals surface area contributed by atoms with Crippen molar-refractivity contribution in [2.75, 3.05) is 20.2 Å². The predicted molar refractivity (Wildman–Crippen MR) is 146 cm³/mol. The van der Waals surface area contributed by atoms with E-state index in [0.717, 1.165) is 5.56 Å². The van der Waals surface area contributed by atoms with Crippen LogP contribution in [-0.2, 0) is 17.4 Å². The quantitative estimate of drug-likeness (QED) is 0.331. The van der Waals surface area contributed by atoms with Gasteiger partial charge in [-0.05, 0) is 61.2 Å². The zero-order valence-corrected chi connectivity index (χ0v) is 22.6. The Kier molecular flexibility index (Phi) is 10.3. The van der Waals surface area contributed by atoms with Crippen molar-refractivity contribution >= 4 is 16.9 Å². The summed E-state index contributed by atoms with van der Waals surface area (Å²) in [7, 11) is 0.0572. The van der Waals surface area contributed by atoms with E-state index in [4.69, 9.17) is 4.74 Å². The lowest BCUT2D eigenvalue weighted by Gasteiger charge is -2.30. The van der Waals surface area contributed by atoms with E-state index >= 15 is 0 Å². The van der Waals surface area contributed by atoms with E-state index in [1.165, 1.54) is 6.07 Å². The van der Waals surface area contributed by atoms with Gasteiger partial charge in [0.05, 0.1) is 24.2 Å². The summed E-state index contributed by atoms with van der Waals surface area (Å²) < 4.78 is 20.4. The summed E-state index contributed by atoms with van der Waals surface area (Å²) in [5.74, 6) is 0.515. The van der Waals surface area contributed by atoms with E-state index in [-0.39, 0.29) is 24.1 Å². The lowest BCUT2D eigenvalue weighted by molar-refractivity contribution is 0.0779. The third kappa shape index (κ3) is 7.89. The highest BCUT2D eigenvalue weighted by Gasteiger charge is 2.28. The number of hydrogen-bond donors (Lipinski definition) is 3. The van der Waals surface area contributed by atoms with Crippen LogP contribution in [0.25, 0.3) is 0 Å². The molecule has 0 saturated carbocycles. The number of nitrogens with zero attached hydrogens (tertiary/aromatic N) is 1. The largest absolute Gasteiger partial charge is 0.508 e. The molecule has 3 N–H and O–H groups in total. The molecule has 7 nitrogen and oxygen atoms in total. The molecule has 3 aromatic carbocycles. The molecule has 0 fully saturated rings. The minimum absolute atomic E-state index is 0.0332. The number of ether oxygens (including phenoxy) is 1. The van der Waals surface area contributed by atoms with Crippen LogP contribution in [0.1, 0.15) is 35.3 Å². The normalized spacial score (nSPS) is 13.8. The zero-order chi connectivity index (χ0) is 26.9. The van der Waals surface area contributed by atoms with Crippen LogP contribution >= 0.6 is 0 Å². The molecule has 3 atom stereocenters. The molecule has 8 heteroatoms. The maximum Gasteiger partial charge on any atom is 0.252 e. The fraction of sp³-hybridized carbons (Fsp3) is 0.345. The fourth-order valence-corrected chi connectivity index (χ4v) is 5.45. The van der Waals surface area contributed by atoms with Gasteiger partial charge in [-0.2, -0.15) is 0 Å². The van der Waals surface area contributed by atoms with E-state index in [2.05, 4.69) is 5.32 Å². The molecule has 37 heavy (non-hydrogen) atoms. The molecule has 1 unspecified atom stereocenters. The van der Waals surface area contributed by atoms with Crippen molar-refractivity contribution in [2.24, 2.45) is 5.92 Å². The Morgan fingerprint density at radius 2 is 1.68 bits per heavy atom. The van der Waals surface area contributed by atoms with Gasteiger partial charge in [0.1, 0.15) is 22.5 Å². The number of methoxy groups -OCH3 is 1. The topological polar surface area (TPSA) is 99.1 Å². The standard InChI is InChI=1S/C29H36N2O5S/c1-20(2)18-31(37(35)24-15-13-23(36-4)14-16-24)19-28(33)26(17-22-9-6-5-7-10-22)30-29(34)25-11-8-12-27(32)21(25)3/h5-16,20,26,28,32-33H,17-19H2,1-4H3,(H,30,34)/t26-,28+,37?/m0/s1. The van der Waals surface area contributed by atoms with Gasteiger partial charge in [-0.1, -0.05) is 50.2 Å². The third-order valence-corrected chi connectivity index (χ3v) is 7.53. The van der Waals surface area contributed by atoms with Gasteiger partial charge in [-0.15, -0.1) is 0 Å². The highest BCUT2D eigenvalue weighted by Crippen LogP contribution is 2.21. The van der Waals surface area contributed by atoms with E-state index in [1.54, 1.807) is 54.7 Å². The van der Waals surface area contributed by atoms with Crippen molar-refractivity contribution in [1.82, 2.24) is 9.62 Å². The first-order valence-corrected chi connectivity index (χ1v) is 13.4. The Morgan fingerprint density at radius 1 is 1.00 bits per heavy atom. The second-order valence-corrected chi connectivity index (χ2v) is 10.9. The van der Waals surface area contributed by atoms with Crippen molar-refractivity contribution in [3.05, 3.63) is 89.5 Å². The molecule has 198 valence electrons. The number of aliphatic hydroxyl groups is 1. The number of phenolic OH excluding ortho intramolecular Hbond substituents is 1. The van der Waals surface area contributed by atoms with Gasteiger partial charge in [0.15, 0.2) is 0 Å². The molecule has 3 aromatic rings. The molecule has 0 saturated heterocycles. The first-order valence-electron chi connectivity index (χ1n) is 12.3. The van der Waals surface area contributed by atoms with Gasteiger partial charge in [0.25, 0.3) is 5.91 Å². The van der Waals surface area contributed by atoms with Crippen LogP contribution in [0, 0.1) is 12.8 Å². The summed E-state index contributed by atoms with van der Waals surface area (Å²) in [6.07, 6.45) is -0.626. The van der Waals surface area contributed by atoms with Gasteiger partial charge in [0.2, 0.25) is 0 Å². The monoisotopic (exact) mass is 524 g/mol. The third-order valence-electron chi connectivity index (χ3n) is 6.08. The number of nitrogens with one attached hydrogen (secondary N) is 1. The van der Waals surface area contributed by atoms with E-state index in [9.17, 15) is 19.2 Å². The molecule has 0 aliphatic rings. The predicted octanol–water partition coefficient (Wildman–Crippen LogP) is 4.09. The number of carbonyl (C=O) groups is 1. The number of aromatic hydroxyl groups is 1. The van der Waals surface area contributed by atoms with Gasteiger partial charge in [-0.25, -0.2) is 8.51 Å². The minimum atomic E-state index is -1.52. The average Bonchev–Trinajstić information content (AvgIpc) is 2.89. The van der Waals surface area contributed by atoms with E-state index in [1.807, 2.05) is 44.2 Å². The van der Waals surface area contributed by atoms with Crippen LogP contribution in [0.4, 0.5) is 0 Å². The Bertz CT molecular complexity index is 1180. The Hall–Kier alpha value is -3.20. The van der Waals surface area contributed by atoms with Crippen molar-refractivity contribution in [3.8, 4) is 11.5 Å². The minimum Gasteiger partial charge on any atom is -0.508 e. The lowest BCUT2D eigenvalue weighted by Crippen LogP contribution is -2.50. The molecule has 0 aromatic heterocycles. The Balaban J connectivity index is 1.85. The molecule has 0 radical (unpaired) electrons. The number of hydrogen-bond acceptors (Lipinski definition) is 5. The lowest BCUT2D eigenvalue weighted by atomic mass is 9.99. The maximum atomic E-state index is 13.5. The summed E-state index contributed by atoms with van der Waals surface area (Å²) >= 11 is 0. The van der Waals surface area contributed by atoms with E-state index in [0.29, 0.717) is 34.7 Å². The SMILES string of the molecule is COc1ccc(S(=O)N(CC(C)C)C[C@@H](O)[C@H](Cc2ccccc2)NC(=O)c2cccc(O)c2C)cc1. The van der Waals surface area contributed by atoms with Crippen LogP contribution < -0.4 is 10.1 Å². The highest BCUT2D eigenvalue weighted by molar-refractivity contribution is 7.82. The molecule has 1 amide bonds. The Morgan fingerprint density at radius 3 is 2.30 bits per heavy atom. The fourth-order valence-electron chi connectivity index (χ4n) is 4.06. The van der Waals surface area contributed by atoms with Crippen LogP contribution in [0.15, 0.2) is 77.7 Å². The number of carbonyl (C=O) groups excluding carboxylic acids is 1. The molecular weight excluding hydrogens is 488 g/mol. The van der Waals surface area contributed by atoms with Gasteiger partial charge < -0.3 is 20.3 Å². The molecule has 0 aliphatic heterocycles. The number of rotatable bonds is 12. The van der Waals surface area contributed by atoms with Crippen molar-refractivity contribution in [3.63, 3.8) is 0 Å². The summed E-state index contributed by atoms with van der Waals surface area (Å²) in [5, 5.41) is 24.4. The molecule has 0 heterocycles.